The van der Waals surface area contributed by atoms with Gasteiger partial charge in [0.15, 0.2) is 0 Å². The van der Waals surface area contributed by atoms with Crippen molar-refractivity contribution in [2.24, 2.45) is 4.99 Å². The zero-order valence-electron chi connectivity index (χ0n) is 26.3. The number of halogens is 6. The van der Waals surface area contributed by atoms with Crippen LogP contribution in [0.1, 0.15) is 76.3 Å². The van der Waals surface area contributed by atoms with Gasteiger partial charge in [0, 0.05) is 42.7 Å². The second-order valence-corrected chi connectivity index (χ2v) is 14.6. The van der Waals surface area contributed by atoms with Gasteiger partial charge >= 0.3 is 12.4 Å². The molecular weight excluding hydrogens is 666 g/mol. The SMILES string of the molecule is Cc1cc(C(=O)N2CCC(C)(O)CC2)cc(C)c1/C=C/S(=O)(=O)N1CCC2(CC1)N=C(c1ccc(C(F)(F)F)c(C(F)(F)F)c1)NC2=O. The number of nitrogens with zero attached hydrogens (tertiary/aromatic N) is 3. The molecule has 2 saturated heterocycles. The normalized spacial score (nSPS) is 20.3. The van der Waals surface area contributed by atoms with E-state index in [9.17, 15) is 49.5 Å². The Morgan fingerprint density at radius 2 is 1.48 bits per heavy atom. The second kappa shape index (κ2) is 12.3. The monoisotopic (exact) mass is 700 g/mol. The van der Waals surface area contributed by atoms with E-state index in [4.69, 9.17) is 0 Å². The van der Waals surface area contributed by atoms with Crippen LogP contribution in [0.25, 0.3) is 6.08 Å². The van der Waals surface area contributed by atoms with Gasteiger partial charge in [-0.15, -0.1) is 0 Å². The summed E-state index contributed by atoms with van der Waals surface area (Å²) >= 11 is 0. The van der Waals surface area contributed by atoms with E-state index in [1.807, 2.05) is 0 Å². The van der Waals surface area contributed by atoms with Gasteiger partial charge in [-0.1, -0.05) is 6.07 Å². The predicted octanol–water partition coefficient (Wildman–Crippen LogP) is 5.04. The van der Waals surface area contributed by atoms with Gasteiger partial charge in [0.05, 0.1) is 16.7 Å². The first-order valence-electron chi connectivity index (χ1n) is 15.1. The van der Waals surface area contributed by atoms with Crippen LogP contribution < -0.4 is 5.32 Å². The first-order valence-corrected chi connectivity index (χ1v) is 16.6. The topological polar surface area (TPSA) is 119 Å². The number of sulfonamides is 1. The van der Waals surface area contributed by atoms with Crippen molar-refractivity contribution in [1.82, 2.24) is 14.5 Å². The second-order valence-electron chi connectivity index (χ2n) is 12.8. The molecular formula is C32H34F6N4O5S. The fourth-order valence-corrected chi connectivity index (χ4v) is 7.42. The maximum atomic E-state index is 13.5. The summed E-state index contributed by atoms with van der Waals surface area (Å²) in [5, 5.41) is 13.6. The van der Waals surface area contributed by atoms with Crippen LogP contribution in [0.5, 0.6) is 0 Å². The van der Waals surface area contributed by atoms with E-state index < -0.39 is 50.5 Å². The lowest BCUT2D eigenvalue weighted by Gasteiger charge is -2.36. The van der Waals surface area contributed by atoms with Crippen molar-refractivity contribution in [3.05, 3.63) is 74.7 Å². The van der Waals surface area contributed by atoms with Gasteiger partial charge in [0.2, 0.25) is 10.0 Å². The maximum absolute atomic E-state index is 13.5. The van der Waals surface area contributed by atoms with Crippen molar-refractivity contribution < 1.29 is 49.5 Å². The number of aryl methyl sites for hydroxylation is 2. The molecule has 5 rings (SSSR count). The van der Waals surface area contributed by atoms with E-state index in [1.165, 1.54) is 6.08 Å². The van der Waals surface area contributed by atoms with Crippen LogP contribution in [0.15, 0.2) is 40.7 Å². The molecule has 260 valence electrons. The minimum absolute atomic E-state index is 0.108. The van der Waals surface area contributed by atoms with Crippen LogP contribution in [0.2, 0.25) is 0 Å². The van der Waals surface area contributed by atoms with E-state index in [0.29, 0.717) is 48.2 Å². The Bertz CT molecular complexity index is 1780. The van der Waals surface area contributed by atoms with E-state index >= 15 is 0 Å². The molecule has 3 aliphatic heterocycles. The number of benzene rings is 2. The minimum Gasteiger partial charge on any atom is -0.390 e. The van der Waals surface area contributed by atoms with Crippen molar-refractivity contribution in [1.29, 1.82) is 0 Å². The highest BCUT2D eigenvalue weighted by molar-refractivity contribution is 7.92. The molecule has 3 heterocycles. The Balaban J connectivity index is 1.29. The van der Waals surface area contributed by atoms with Crippen LogP contribution in [0, 0.1) is 13.8 Å². The van der Waals surface area contributed by atoms with Gasteiger partial charge < -0.3 is 15.3 Å². The van der Waals surface area contributed by atoms with Crippen molar-refractivity contribution in [3.8, 4) is 0 Å². The number of likely N-dealkylation sites (tertiary alicyclic amines) is 1. The molecule has 0 bridgehead atoms. The number of alkyl halides is 6. The largest absolute Gasteiger partial charge is 0.417 e. The molecule has 2 fully saturated rings. The summed E-state index contributed by atoms with van der Waals surface area (Å²) in [4.78, 5) is 32.0. The molecule has 3 aliphatic rings. The standard InChI is InChI=1S/C32H34F6N4O5S/c1-19-16-22(27(43)41-11-7-29(3,45)8-12-41)17-20(2)23(19)6-15-48(46,47)42-13-9-30(10-14-42)28(44)39-26(40-30)21-4-5-24(31(33,34)35)25(18-21)32(36,37)38/h4-6,15-18,45H,7-14H2,1-3H3,(H,39,40,44)/b15-6+. The molecule has 2 aromatic rings. The molecule has 1 spiro atoms. The number of piperidine rings is 2. The van der Waals surface area contributed by atoms with Crippen molar-refractivity contribution in [2.45, 2.75) is 69.9 Å². The molecule has 16 heteroatoms. The Labute approximate surface area is 273 Å². The fourth-order valence-electron chi connectivity index (χ4n) is 6.25. The first-order chi connectivity index (χ1) is 22.1. The highest BCUT2D eigenvalue weighted by Crippen LogP contribution is 2.41. The lowest BCUT2D eigenvalue weighted by Crippen LogP contribution is -2.50. The maximum Gasteiger partial charge on any atom is 0.417 e. The molecule has 0 unspecified atom stereocenters. The van der Waals surface area contributed by atoms with Crippen LogP contribution in [0.4, 0.5) is 26.3 Å². The lowest BCUT2D eigenvalue weighted by atomic mass is 9.89. The van der Waals surface area contributed by atoms with Crippen molar-refractivity contribution in [3.63, 3.8) is 0 Å². The van der Waals surface area contributed by atoms with E-state index in [-0.39, 0.29) is 55.4 Å². The van der Waals surface area contributed by atoms with Gasteiger partial charge in [-0.3, -0.25) is 14.6 Å². The molecule has 2 aromatic carbocycles. The third-order valence-corrected chi connectivity index (χ3v) is 10.7. The van der Waals surface area contributed by atoms with E-state index in [0.717, 1.165) is 15.8 Å². The summed E-state index contributed by atoms with van der Waals surface area (Å²) in [5.74, 6) is -1.19. The van der Waals surface area contributed by atoms with Gasteiger partial charge in [0.25, 0.3) is 11.8 Å². The van der Waals surface area contributed by atoms with E-state index in [2.05, 4.69) is 10.3 Å². The number of hydrogen-bond acceptors (Lipinski definition) is 6. The average Bonchev–Trinajstić information content (AvgIpc) is 3.30. The first kappa shape index (κ1) is 35.5. The summed E-state index contributed by atoms with van der Waals surface area (Å²) in [5.41, 5.74) is -4.04. The van der Waals surface area contributed by atoms with Crippen LogP contribution in [-0.2, 0) is 27.2 Å². The summed E-state index contributed by atoms with van der Waals surface area (Å²) < 4.78 is 108. The number of rotatable bonds is 5. The molecule has 0 saturated carbocycles. The Hall–Kier alpha value is -3.76. The third kappa shape index (κ3) is 7.15. The molecule has 9 nitrogen and oxygen atoms in total. The number of aliphatic hydroxyl groups is 1. The summed E-state index contributed by atoms with van der Waals surface area (Å²) in [6, 6.07) is 4.74. The minimum atomic E-state index is -5.32. The molecule has 0 aliphatic carbocycles. The Kier molecular flexibility index (Phi) is 9.10. The highest BCUT2D eigenvalue weighted by Gasteiger charge is 2.48. The van der Waals surface area contributed by atoms with Crippen LogP contribution in [-0.4, -0.2) is 77.7 Å². The molecule has 0 atom stereocenters. The lowest BCUT2D eigenvalue weighted by molar-refractivity contribution is -0.162. The van der Waals surface area contributed by atoms with Gasteiger partial charge in [0.1, 0.15) is 11.4 Å². The predicted molar refractivity (Wildman–Crippen MR) is 164 cm³/mol. The number of hydrogen-bond donors (Lipinski definition) is 2. The summed E-state index contributed by atoms with van der Waals surface area (Å²) in [6.45, 7) is 5.79. The zero-order chi connectivity index (χ0) is 35.4. The fraction of sp³-hybridized carbons (Fsp3) is 0.469. The van der Waals surface area contributed by atoms with Gasteiger partial charge in [-0.25, -0.2) is 8.42 Å². The number of aliphatic imine (C=N–C) groups is 1. The third-order valence-electron chi connectivity index (χ3n) is 9.17. The number of carbonyl (C=O) groups is 2. The Morgan fingerprint density at radius 3 is 2.02 bits per heavy atom. The molecule has 2 amide bonds. The van der Waals surface area contributed by atoms with E-state index in [1.54, 1.807) is 37.8 Å². The van der Waals surface area contributed by atoms with Crippen LogP contribution in [0.3, 0.4) is 0 Å². The quantitative estimate of drug-likeness (QED) is 0.424. The molecule has 0 radical (unpaired) electrons. The number of amidine groups is 1. The molecule has 2 N–H and O–H groups in total. The summed E-state index contributed by atoms with van der Waals surface area (Å²) in [7, 11) is -4.00. The number of nitrogens with one attached hydrogen (secondary N) is 1. The molecule has 0 aromatic heterocycles. The summed E-state index contributed by atoms with van der Waals surface area (Å²) in [6.07, 6.45) is -8.43. The smallest absolute Gasteiger partial charge is 0.390 e. The Morgan fingerprint density at radius 1 is 0.917 bits per heavy atom. The highest BCUT2D eigenvalue weighted by atomic mass is 32.2. The van der Waals surface area contributed by atoms with Crippen molar-refractivity contribution in [2.75, 3.05) is 26.2 Å². The number of carbonyl (C=O) groups excluding carboxylic acids is 2. The van der Waals surface area contributed by atoms with Gasteiger partial charge in [-0.2, -0.15) is 30.6 Å². The zero-order valence-corrected chi connectivity index (χ0v) is 27.1. The number of amides is 2. The molecule has 48 heavy (non-hydrogen) atoms. The average molecular weight is 701 g/mol. The van der Waals surface area contributed by atoms with Gasteiger partial charge in [-0.05, 0) is 93.5 Å². The van der Waals surface area contributed by atoms with Crippen LogP contribution >= 0.6 is 0 Å². The van der Waals surface area contributed by atoms with Crippen molar-refractivity contribution >= 4 is 33.7 Å².